The maximum atomic E-state index is 12.4. The molecule has 0 aromatic rings. The largest absolute Gasteiger partial charge is 0.458 e. The van der Waals surface area contributed by atoms with Crippen LogP contribution in [-0.2, 0) is 14.3 Å². The predicted molar refractivity (Wildman–Crippen MR) is 78.8 cm³/mol. The summed E-state index contributed by atoms with van der Waals surface area (Å²) < 4.78 is 11.4. The van der Waals surface area contributed by atoms with E-state index < -0.39 is 0 Å². The predicted octanol–water partition coefficient (Wildman–Crippen LogP) is 2.08. The van der Waals surface area contributed by atoms with E-state index in [2.05, 4.69) is 11.8 Å². The number of hydrogen-bond donors (Lipinski definition) is 0. The first-order valence-electron chi connectivity index (χ1n) is 8.65. The SMILES string of the molecule is CC1(OC(=O)CN2CCOCC2)C2CC3CC(C2)CC1C3. The Hall–Kier alpha value is -0.610. The third kappa shape index (κ3) is 2.50. The van der Waals surface area contributed by atoms with Gasteiger partial charge in [-0.3, -0.25) is 9.69 Å². The van der Waals surface area contributed by atoms with Gasteiger partial charge < -0.3 is 9.47 Å². The summed E-state index contributed by atoms with van der Waals surface area (Å²) in [6.45, 7) is 5.83. The van der Waals surface area contributed by atoms with Crippen molar-refractivity contribution in [3.63, 3.8) is 0 Å². The number of carbonyl (C=O) groups excluding carboxylic acids is 1. The summed E-state index contributed by atoms with van der Waals surface area (Å²) in [7, 11) is 0. The number of esters is 1. The molecule has 0 radical (unpaired) electrons. The molecular formula is C17H27NO3. The minimum absolute atomic E-state index is 0.0214. The molecule has 5 fully saturated rings. The average Bonchev–Trinajstić information content (AvgIpc) is 2.45. The molecule has 1 heterocycles. The molecule has 4 nitrogen and oxygen atoms in total. The summed E-state index contributed by atoms with van der Waals surface area (Å²) in [4.78, 5) is 14.6. The topological polar surface area (TPSA) is 38.8 Å². The lowest BCUT2D eigenvalue weighted by atomic mass is 9.50. The number of carbonyl (C=O) groups is 1. The van der Waals surface area contributed by atoms with Crippen LogP contribution in [0, 0.1) is 23.7 Å². The summed E-state index contributed by atoms with van der Waals surface area (Å²) in [5.41, 5.74) is -0.184. The molecule has 0 spiro atoms. The minimum atomic E-state index is -0.184. The van der Waals surface area contributed by atoms with E-state index in [1.54, 1.807) is 0 Å². The van der Waals surface area contributed by atoms with Crippen molar-refractivity contribution < 1.29 is 14.3 Å². The fourth-order valence-electron chi connectivity index (χ4n) is 5.51. The smallest absolute Gasteiger partial charge is 0.320 e. The molecule has 5 rings (SSSR count). The Bertz CT molecular complexity index is 388. The molecule has 4 heteroatoms. The van der Waals surface area contributed by atoms with Gasteiger partial charge in [-0.15, -0.1) is 0 Å². The van der Waals surface area contributed by atoms with E-state index in [1.165, 1.54) is 32.1 Å². The second-order valence-corrected chi connectivity index (χ2v) is 7.85. The fraction of sp³-hybridized carbons (Fsp3) is 0.941. The van der Waals surface area contributed by atoms with E-state index in [-0.39, 0.29) is 11.6 Å². The zero-order valence-electron chi connectivity index (χ0n) is 13.1. The van der Waals surface area contributed by atoms with Crippen LogP contribution in [0.4, 0.5) is 0 Å². The van der Waals surface area contributed by atoms with Crippen molar-refractivity contribution in [3.05, 3.63) is 0 Å². The molecule has 0 amide bonds. The van der Waals surface area contributed by atoms with Gasteiger partial charge in [0.05, 0.1) is 19.8 Å². The van der Waals surface area contributed by atoms with Crippen LogP contribution in [0.3, 0.4) is 0 Å². The molecule has 0 unspecified atom stereocenters. The van der Waals surface area contributed by atoms with Crippen LogP contribution < -0.4 is 0 Å². The van der Waals surface area contributed by atoms with E-state index in [9.17, 15) is 4.79 Å². The molecule has 1 saturated heterocycles. The van der Waals surface area contributed by atoms with Gasteiger partial charge in [-0.2, -0.15) is 0 Å². The van der Waals surface area contributed by atoms with Crippen molar-refractivity contribution in [1.82, 2.24) is 4.90 Å². The second-order valence-electron chi connectivity index (χ2n) is 7.85. The summed E-state index contributed by atoms with van der Waals surface area (Å²) in [5, 5.41) is 0. The van der Waals surface area contributed by atoms with E-state index in [0.717, 1.165) is 38.1 Å². The standard InChI is InChI=1S/C17H27NO3/c1-17(21-16(19)11-18-2-4-20-5-3-18)14-7-12-6-13(9-14)10-15(17)8-12/h12-15H,2-11H2,1H3. The number of nitrogens with zero attached hydrogens (tertiary/aromatic N) is 1. The average molecular weight is 293 g/mol. The first kappa shape index (κ1) is 14.0. The van der Waals surface area contributed by atoms with Gasteiger partial charge in [0.2, 0.25) is 0 Å². The Morgan fingerprint density at radius 1 is 1.10 bits per heavy atom. The van der Waals surface area contributed by atoms with E-state index in [1.807, 2.05) is 0 Å². The highest BCUT2D eigenvalue weighted by Crippen LogP contribution is 2.59. The number of morpholine rings is 1. The zero-order valence-corrected chi connectivity index (χ0v) is 13.1. The summed E-state index contributed by atoms with van der Waals surface area (Å²) in [6.07, 6.45) is 6.58. The highest BCUT2D eigenvalue weighted by atomic mass is 16.6. The Kier molecular flexibility index (Phi) is 3.49. The monoisotopic (exact) mass is 293 g/mol. The minimum Gasteiger partial charge on any atom is -0.458 e. The highest BCUT2D eigenvalue weighted by molar-refractivity contribution is 5.72. The van der Waals surface area contributed by atoms with Crippen LogP contribution >= 0.6 is 0 Å². The molecule has 0 aromatic carbocycles. The molecule has 0 N–H and O–H groups in total. The lowest BCUT2D eigenvalue weighted by Crippen LogP contribution is -2.58. The number of rotatable bonds is 3. The van der Waals surface area contributed by atoms with Crippen LogP contribution in [-0.4, -0.2) is 49.3 Å². The molecular weight excluding hydrogens is 266 g/mol. The van der Waals surface area contributed by atoms with Gasteiger partial charge in [-0.1, -0.05) is 0 Å². The first-order valence-corrected chi connectivity index (χ1v) is 8.65. The van der Waals surface area contributed by atoms with Gasteiger partial charge in [-0.25, -0.2) is 0 Å². The zero-order chi connectivity index (χ0) is 14.4. The van der Waals surface area contributed by atoms with Gasteiger partial charge in [0, 0.05) is 13.1 Å². The highest BCUT2D eigenvalue weighted by Gasteiger charge is 2.57. The van der Waals surface area contributed by atoms with Crippen molar-refractivity contribution >= 4 is 5.97 Å². The van der Waals surface area contributed by atoms with E-state index in [4.69, 9.17) is 9.47 Å². The van der Waals surface area contributed by atoms with Crippen molar-refractivity contribution in [1.29, 1.82) is 0 Å². The molecule has 4 saturated carbocycles. The molecule has 0 aromatic heterocycles. The normalized spacial score (nSPS) is 45.8. The molecule has 21 heavy (non-hydrogen) atoms. The molecule has 4 bridgehead atoms. The van der Waals surface area contributed by atoms with Gasteiger partial charge in [-0.05, 0) is 62.7 Å². The van der Waals surface area contributed by atoms with E-state index in [0.29, 0.717) is 18.4 Å². The second kappa shape index (κ2) is 5.24. The summed E-state index contributed by atoms with van der Waals surface area (Å²) in [5.74, 6) is 3.04. The van der Waals surface area contributed by atoms with Crippen LogP contribution in [0.15, 0.2) is 0 Å². The van der Waals surface area contributed by atoms with Crippen LogP contribution in [0.1, 0.15) is 39.0 Å². The van der Waals surface area contributed by atoms with Crippen LogP contribution in [0.5, 0.6) is 0 Å². The maximum Gasteiger partial charge on any atom is 0.320 e. The van der Waals surface area contributed by atoms with Crippen LogP contribution in [0.2, 0.25) is 0 Å². The number of ether oxygens (including phenoxy) is 2. The lowest BCUT2D eigenvalue weighted by Gasteiger charge is -2.59. The summed E-state index contributed by atoms with van der Waals surface area (Å²) in [6, 6.07) is 0. The quantitative estimate of drug-likeness (QED) is 0.747. The molecule has 1 aliphatic heterocycles. The third-order valence-electron chi connectivity index (χ3n) is 6.55. The first-order chi connectivity index (χ1) is 10.1. The van der Waals surface area contributed by atoms with E-state index >= 15 is 0 Å². The fourth-order valence-corrected chi connectivity index (χ4v) is 5.51. The molecule has 5 aliphatic rings. The Balaban J connectivity index is 1.40. The van der Waals surface area contributed by atoms with Gasteiger partial charge in [0.1, 0.15) is 5.60 Å². The van der Waals surface area contributed by atoms with Crippen molar-refractivity contribution in [2.75, 3.05) is 32.8 Å². The Morgan fingerprint density at radius 3 is 2.24 bits per heavy atom. The maximum absolute atomic E-state index is 12.4. The Labute approximate surface area is 127 Å². The lowest BCUT2D eigenvalue weighted by molar-refractivity contribution is -0.204. The number of hydrogen-bond acceptors (Lipinski definition) is 4. The Morgan fingerprint density at radius 2 is 1.67 bits per heavy atom. The molecule has 4 aliphatic carbocycles. The van der Waals surface area contributed by atoms with Crippen LogP contribution in [0.25, 0.3) is 0 Å². The van der Waals surface area contributed by atoms with Crippen molar-refractivity contribution in [2.45, 2.75) is 44.6 Å². The van der Waals surface area contributed by atoms with Crippen molar-refractivity contribution in [2.24, 2.45) is 23.7 Å². The van der Waals surface area contributed by atoms with Gasteiger partial charge in [0.25, 0.3) is 0 Å². The molecule has 118 valence electrons. The molecule has 0 atom stereocenters. The summed E-state index contributed by atoms with van der Waals surface area (Å²) >= 11 is 0. The van der Waals surface area contributed by atoms with Crippen molar-refractivity contribution in [3.8, 4) is 0 Å². The van der Waals surface area contributed by atoms with Gasteiger partial charge in [0.15, 0.2) is 0 Å². The third-order valence-corrected chi connectivity index (χ3v) is 6.55. The van der Waals surface area contributed by atoms with Gasteiger partial charge >= 0.3 is 5.97 Å².